The first kappa shape index (κ1) is 6.46. The fourth-order valence-corrected chi connectivity index (χ4v) is 1.30. The fraction of sp³-hybridized carbons (Fsp3) is 0.375. The molecule has 0 saturated heterocycles. The van der Waals surface area contributed by atoms with Crippen molar-refractivity contribution in [2.45, 2.75) is 12.8 Å². The second-order valence-electron chi connectivity index (χ2n) is 2.88. The first-order valence-corrected chi connectivity index (χ1v) is 3.68. The van der Waals surface area contributed by atoms with Gasteiger partial charge in [0.05, 0.1) is 6.20 Å². The molecule has 3 nitrogen and oxygen atoms in total. The number of aromatic nitrogens is 1. The lowest BCUT2D eigenvalue weighted by Gasteiger charge is -2.20. The van der Waals surface area contributed by atoms with Crippen molar-refractivity contribution < 1.29 is 4.42 Å². The molecule has 0 bridgehead atoms. The lowest BCUT2D eigenvalue weighted by atomic mass is 9.88. The number of hydrogen-bond acceptors (Lipinski definition) is 3. The standard InChI is InChI=1S/C8H10N2O/c9-7-1-6(2-7)3-8-4-10-5-11-8/h1,4-6H,2-3,9H2. The third-order valence-electron chi connectivity index (χ3n) is 1.89. The number of hydrogen-bond donors (Lipinski definition) is 1. The molecule has 58 valence electrons. The van der Waals surface area contributed by atoms with Crippen LogP contribution in [0.15, 0.2) is 28.8 Å². The lowest BCUT2D eigenvalue weighted by Crippen LogP contribution is -2.17. The zero-order valence-corrected chi connectivity index (χ0v) is 6.16. The first-order valence-electron chi connectivity index (χ1n) is 3.68. The molecular formula is C8H10N2O. The molecule has 0 spiro atoms. The molecule has 0 aromatic carbocycles. The molecule has 1 unspecified atom stereocenters. The Kier molecular flexibility index (Phi) is 1.42. The molecule has 1 aromatic heterocycles. The number of rotatable bonds is 2. The molecule has 2 rings (SSSR count). The molecule has 3 heteroatoms. The summed E-state index contributed by atoms with van der Waals surface area (Å²) >= 11 is 0. The summed E-state index contributed by atoms with van der Waals surface area (Å²) in [6.45, 7) is 0. The third kappa shape index (κ3) is 1.27. The van der Waals surface area contributed by atoms with E-state index in [9.17, 15) is 0 Å². The Balaban J connectivity index is 1.94. The van der Waals surface area contributed by atoms with E-state index in [1.165, 1.54) is 6.39 Å². The Morgan fingerprint density at radius 3 is 3.09 bits per heavy atom. The Labute approximate surface area is 64.9 Å². The van der Waals surface area contributed by atoms with Crippen molar-refractivity contribution in [3.05, 3.63) is 30.1 Å². The highest BCUT2D eigenvalue weighted by Crippen LogP contribution is 2.25. The molecule has 0 amide bonds. The average molecular weight is 150 g/mol. The quantitative estimate of drug-likeness (QED) is 0.686. The van der Waals surface area contributed by atoms with Crippen molar-refractivity contribution >= 4 is 0 Å². The maximum absolute atomic E-state index is 5.51. The monoisotopic (exact) mass is 150 g/mol. The van der Waals surface area contributed by atoms with Crippen LogP contribution >= 0.6 is 0 Å². The van der Waals surface area contributed by atoms with Crippen LogP contribution in [0.5, 0.6) is 0 Å². The summed E-state index contributed by atoms with van der Waals surface area (Å²) < 4.78 is 5.09. The largest absolute Gasteiger partial charge is 0.449 e. The normalized spacial score (nSPS) is 22.5. The van der Waals surface area contributed by atoms with Gasteiger partial charge in [-0.05, 0) is 12.3 Å². The van der Waals surface area contributed by atoms with E-state index in [-0.39, 0.29) is 0 Å². The van der Waals surface area contributed by atoms with Crippen LogP contribution in [-0.2, 0) is 6.42 Å². The molecule has 0 aliphatic heterocycles. The van der Waals surface area contributed by atoms with Gasteiger partial charge in [-0.3, -0.25) is 0 Å². The van der Waals surface area contributed by atoms with E-state index in [1.807, 2.05) is 0 Å². The van der Waals surface area contributed by atoms with Crippen LogP contribution in [0.4, 0.5) is 0 Å². The summed E-state index contributed by atoms with van der Waals surface area (Å²) in [5.41, 5.74) is 6.51. The van der Waals surface area contributed by atoms with E-state index in [1.54, 1.807) is 6.20 Å². The minimum absolute atomic E-state index is 0.572. The van der Waals surface area contributed by atoms with Crippen molar-refractivity contribution in [3.8, 4) is 0 Å². The number of oxazole rings is 1. The first-order chi connectivity index (χ1) is 5.34. The molecule has 0 fully saturated rings. The van der Waals surface area contributed by atoms with Crippen LogP contribution in [0.25, 0.3) is 0 Å². The predicted octanol–water partition coefficient (Wildman–Crippen LogP) is 1.08. The van der Waals surface area contributed by atoms with Gasteiger partial charge in [0.25, 0.3) is 0 Å². The second-order valence-corrected chi connectivity index (χ2v) is 2.88. The summed E-state index contributed by atoms with van der Waals surface area (Å²) in [6, 6.07) is 0. The summed E-state index contributed by atoms with van der Waals surface area (Å²) in [5.74, 6) is 1.52. The molecule has 1 aromatic rings. The maximum atomic E-state index is 5.51. The molecule has 1 aliphatic rings. The number of nitrogens with two attached hydrogens (primary N) is 1. The van der Waals surface area contributed by atoms with Crippen LogP contribution in [-0.4, -0.2) is 4.98 Å². The van der Waals surface area contributed by atoms with Gasteiger partial charge in [-0.15, -0.1) is 0 Å². The van der Waals surface area contributed by atoms with Crippen LogP contribution in [0.1, 0.15) is 12.2 Å². The maximum Gasteiger partial charge on any atom is 0.180 e. The lowest BCUT2D eigenvalue weighted by molar-refractivity contribution is 0.453. The topological polar surface area (TPSA) is 52.0 Å². The van der Waals surface area contributed by atoms with E-state index in [0.29, 0.717) is 5.92 Å². The molecule has 1 aliphatic carbocycles. The average Bonchev–Trinajstić information content (AvgIpc) is 2.36. The highest BCUT2D eigenvalue weighted by atomic mass is 16.3. The van der Waals surface area contributed by atoms with Gasteiger partial charge in [0, 0.05) is 12.1 Å². The number of allylic oxidation sites excluding steroid dienone is 2. The van der Waals surface area contributed by atoms with E-state index in [2.05, 4.69) is 11.1 Å². The van der Waals surface area contributed by atoms with Crippen LogP contribution < -0.4 is 5.73 Å². The van der Waals surface area contributed by atoms with Crippen LogP contribution in [0, 0.1) is 5.92 Å². The van der Waals surface area contributed by atoms with Gasteiger partial charge in [0.2, 0.25) is 0 Å². The van der Waals surface area contributed by atoms with Crippen molar-refractivity contribution in [1.82, 2.24) is 4.98 Å². The Morgan fingerprint density at radius 1 is 1.73 bits per heavy atom. The Morgan fingerprint density at radius 2 is 2.55 bits per heavy atom. The highest BCUT2D eigenvalue weighted by molar-refractivity contribution is 5.15. The van der Waals surface area contributed by atoms with Crippen molar-refractivity contribution in [2.24, 2.45) is 11.7 Å². The number of nitrogens with zero attached hydrogens (tertiary/aromatic N) is 1. The van der Waals surface area contributed by atoms with Gasteiger partial charge < -0.3 is 10.2 Å². The molecule has 1 atom stereocenters. The summed E-state index contributed by atoms with van der Waals surface area (Å²) in [6.07, 6.45) is 7.22. The van der Waals surface area contributed by atoms with Crippen molar-refractivity contribution in [3.63, 3.8) is 0 Å². The molecule has 2 N–H and O–H groups in total. The summed E-state index contributed by atoms with van der Waals surface area (Å²) in [7, 11) is 0. The van der Waals surface area contributed by atoms with E-state index < -0.39 is 0 Å². The van der Waals surface area contributed by atoms with Gasteiger partial charge >= 0.3 is 0 Å². The minimum atomic E-state index is 0.572. The predicted molar refractivity (Wildman–Crippen MR) is 40.6 cm³/mol. The summed E-state index contributed by atoms with van der Waals surface area (Å²) in [5, 5.41) is 0. The molecular weight excluding hydrogens is 140 g/mol. The van der Waals surface area contributed by atoms with Gasteiger partial charge in [0.15, 0.2) is 6.39 Å². The molecule has 0 radical (unpaired) electrons. The van der Waals surface area contributed by atoms with Gasteiger partial charge in [-0.2, -0.15) is 0 Å². The van der Waals surface area contributed by atoms with E-state index in [0.717, 1.165) is 24.3 Å². The highest BCUT2D eigenvalue weighted by Gasteiger charge is 2.17. The van der Waals surface area contributed by atoms with E-state index >= 15 is 0 Å². The van der Waals surface area contributed by atoms with Crippen LogP contribution in [0.3, 0.4) is 0 Å². The van der Waals surface area contributed by atoms with Crippen molar-refractivity contribution in [2.75, 3.05) is 0 Å². The molecule has 0 saturated carbocycles. The van der Waals surface area contributed by atoms with E-state index in [4.69, 9.17) is 10.2 Å². The SMILES string of the molecule is NC1=CC(Cc2cnco2)C1. The molecule has 11 heavy (non-hydrogen) atoms. The smallest absolute Gasteiger partial charge is 0.180 e. The Bertz CT molecular complexity index is 264. The third-order valence-corrected chi connectivity index (χ3v) is 1.89. The second kappa shape index (κ2) is 2.42. The zero-order chi connectivity index (χ0) is 7.68. The molecule has 1 heterocycles. The summed E-state index contributed by atoms with van der Waals surface area (Å²) in [4.78, 5) is 3.83. The fourth-order valence-electron chi connectivity index (χ4n) is 1.30. The van der Waals surface area contributed by atoms with Crippen LogP contribution in [0.2, 0.25) is 0 Å². The Hall–Kier alpha value is -1.25. The minimum Gasteiger partial charge on any atom is -0.449 e. The van der Waals surface area contributed by atoms with Gasteiger partial charge in [0.1, 0.15) is 5.76 Å². The van der Waals surface area contributed by atoms with Gasteiger partial charge in [-0.1, -0.05) is 6.08 Å². The van der Waals surface area contributed by atoms with Crippen molar-refractivity contribution in [1.29, 1.82) is 0 Å². The zero-order valence-electron chi connectivity index (χ0n) is 6.16. The van der Waals surface area contributed by atoms with Gasteiger partial charge in [-0.25, -0.2) is 4.98 Å².